The first-order chi connectivity index (χ1) is 9.08. The van der Waals surface area contributed by atoms with E-state index in [-0.39, 0.29) is 5.91 Å². The molecule has 1 aliphatic carbocycles. The summed E-state index contributed by atoms with van der Waals surface area (Å²) in [6, 6.07) is 8.03. The molecule has 0 aromatic heterocycles. The minimum Gasteiger partial charge on any atom is -0.398 e. The molecule has 1 aliphatic rings. The van der Waals surface area contributed by atoms with Crippen LogP contribution in [0.25, 0.3) is 0 Å². The van der Waals surface area contributed by atoms with Crippen molar-refractivity contribution < 1.29 is 4.79 Å². The summed E-state index contributed by atoms with van der Waals surface area (Å²) < 4.78 is 0. The Labute approximate surface area is 115 Å². The number of nitrogens with two attached hydrogens (primary N) is 1. The number of para-hydroxylation sites is 1. The summed E-state index contributed by atoms with van der Waals surface area (Å²) in [6.07, 6.45) is 5.14. The van der Waals surface area contributed by atoms with Gasteiger partial charge in [0.2, 0.25) is 5.91 Å². The van der Waals surface area contributed by atoms with E-state index in [0.29, 0.717) is 18.2 Å². The van der Waals surface area contributed by atoms with Crippen molar-refractivity contribution in [1.82, 2.24) is 4.90 Å². The Morgan fingerprint density at radius 2 is 1.89 bits per heavy atom. The molecule has 19 heavy (non-hydrogen) atoms. The molecule has 1 fully saturated rings. The molecule has 0 atom stereocenters. The molecular formula is C16H24N2O. The van der Waals surface area contributed by atoms with Gasteiger partial charge in [0.05, 0.1) is 6.42 Å². The third-order valence-electron chi connectivity index (χ3n) is 4.32. The maximum atomic E-state index is 12.3. The normalized spacial score (nSPS) is 23.1. The van der Waals surface area contributed by atoms with E-state index < -0.39 is 0 Å². The number of nitrogen functional groups attached to an aromatic ring is 1. The SMILES string of the molecule is CC1CCC(N(C)C(=O)Cc2ccccc2N)CC1. The Kier molecular flexibility index (Phi) is 4.46. The van der Waals surface area contributed by atoms with Crippen LogP contribution in [-0.4, -0.2) is 23.9 Å². The highest BCUT2D eigenvalue weighted by atomic mass is 16.2. The fourth-order valence-corrected chi connectivity index (χ4v) is 2.82. The zero-order valence-electron chi connectivity index (χ0n) is 11.9. The summed E-state index contributed by atoms with van der Waals surface area (Å²) in [6.45, 7) is 2.29. The van der Waals surface area contributed by atoms with Crippen molar-refractivity contribution in [1.29, 1.82) is 0 Å². The number of amides is 1. The molecule has 0 radical (unpaired) electrons. The fraction of sp³-hybridized carbons (Fsp3) is 0.562. The second kappa shape index (κ2) is 6.09. The average molecular weight is 260 g/mol. The fourth-order valence-electron chi connectivity index (χ4n) is 2.82. The lowest BCUT2D eigenvalue weighted by atomic mass is 9.86. The minimum absolute atomic E-state index is 0.178. The first kappa shape index (κ1) is 13.9. The van der Waals surface area contributed by atoms with Crippen LogP contribution in [0.1, 0.15) is 38.2 Å². The van der Waals surface area contributed by atoms with Gasteiger partial charge >= 0.3 is 0 Å². The van der Waals surface area contributed by atoms with Gasteiger partial charge < -0.3 is 10.6 Å². The maximum Gasteiger partial charge on any atom is 0.227 e. The van der Waals surface area contributed by atoms with Gasteiger partial charge in [-0.15, -0.1) is 0 Å². The molecule has 0 spiro atoms. The molecule has 0 bridgehead atoms. The Bertz CT molecular complexity index is 436. The molecule has 2 rings (SSSR count). The summed E-state index contributed by atoms with van der Waals surface area (Å²) in [5.41, 5.74) is 7.54. The second-order valence-corrected chi connectivity index (χ2v) is 5.79. The molecule has 0 heterocycles. The van der Waals surface area contributed by atoms with Gasteiger partial charge in [0.25, 0.3) is 0 Å². The molecule has 1 saturated carbocycles. The molecule has 104 valence electrons. The van der Waals surface area contributed by atoms with Gasteiger partial charge in [-0.2, -0.15) is 0 Å². The Balaban J connectivity index is 1.94. The van der Waals surface area contributed by atoms with Crippen molar-refractivity contribution >= 4 is 11.6 Å². The number of anilines is 1. The standard InChI is InChI=1S/C16H24N2O/c1-12-7-9-14(10-8-12)18(2)16(19)11-13-5-3-4-6-15(13)17/h3-6,12,14H,7-11,17H2,1-2H3. The molecule has 1 aromatic rings. The first-order valence-electron chi connectivity index (χ1n) is 7.17. The van der Waals surface area contributed by atoms with Crippen molar-refractivity contribution in [2.75, 3.05) is 12.8 Å². The number of carbonyl (C=O) groups is 1. The van der Waals surface area contributed by atoms with E-state index in [9.17, 15) is 4.79 Å². The van der Waals surface area contributed by atoms with Crippen LogP contribution in [0.2, 0.25) is 0 Å². The molecular weight excluding hydrogens is 236 g/mol. The number of rotatable bonds is 3. The third kappa shape index (κ3) is 3.49. The number of likely N-dealkylation sites (N-methyl/N-ethyl adjacent to an activating group) is 1. The monoisotopic (exact) mass is 260 g/mol. The van der Waals surface area contributed by atoms with Crippen molar-refractivity contribution in [2.24, 2.45) is 5.92 Å². The molecule has 2 N–H and O–H groups in total. The minimum atomic E-state index is 0.178. The van der Waals surface area contributed by atoms with Crippen LogP contribution in [0.15, 0.2) is 24.3 Å². The summed E-state index contributed by atoms with van der Waals surface area (Å²) in [4.78, 5) is 14.2. The largest absolute Gasteiger partial charge is 0.398 e. The number of hydrogen-bond acceptors (Lipinski definition) is 2. The predicted octanol–water partition coefficient (Wildman–Crippen LogP) is 2.85. The van der Waals surface area contributed by atoms with Crippen LogP contribution in [0.5, 0.6) is 0 Å². The zero-order chi connectivity index (χ0) is 13.8. The van der Waals surface area contributed by atoms with Gasteiger partial charge in [0, 0.05) is 18.8 Å². The molecule has 3 heteroatoms. The molecule has 1 amide bonds. The van der Waals surface area contributed by atoms with Crippen LogP contribution in [0.3, 0.4) is 0 Å². The van der Waals surface area contributed by atoms with Crippen molar-refractivity contribution in [3.63, 3.8) is 0 Å². The van der Waals surface area contributed by atoms with E-state index >= 15 is 0 Å². The van der Waals surface area contributed by atoms with Gasteiger partial charge in [-0.25, -0.2) is 0 Å². The highest BCUT2D eigenvalue weighted by Crippen LogP contribution is 2.27. The second-order valence-electron chi connectivity index (χ2n) is 5.79. The zero-order valence-corrected chi connectivity index (χ0v) is 11.9. The average Bonchev–Trinajstić information content (AvgIpc) is 2.41. The van der Waals surface area contributed by atoms with E-state index in [2.05, 4.69) is 6.92 Å². The Morgan fingerprint density at radius 3 is 2.53 bits per heavy atom. The van der Waals surface area contributed by atoms with Crippen LogP contribution in [0, 0.1) is 5.92 Å². The van der Waals surface area contributed by atoms with Crippen LogP contribution in [-0.2, 0) is 11.2 Å². The molecule has 0 unspecified atom stereocenters. The van der Waals surface area contributed by atoms with E-state index in [1.807, 2.05) is 36.2 Å². The lowest BCUT2D eigenvalue weighted by Crippen LogP contribution is -2.40. The lowest BCUT2D eigenvalue weighted by Gasteiger charge is -2.33. The molecule has 0 saturated heterocycles. The van der Waals surface area contributed by atoms with Gasteiger partial charge in [-0.1, -0.05) is 25.1 Å². The van der Waals surface area contributed by atoms with E-state index in [4.69, 9.17) is 5.73 Å². The Morgan fingerprint density at radius 1 is 1.26 bits per heavy atom. The van der Waals surface area contributed by atoms with E-state index in [0.717, 1.165) is 24.3 Å². The molecule has 1 aromatic carbocycles. The number of hydrogen-bond donors (Lipinski definition) is 1. The van der Waals surface area contributed by atoms with Crippen LogP contribution >= 0.6 is 0 Å². The smallest absolute Gasteiger partial charge is 0.227 e. The lowest BCUT2D eigenvalue weighted by molar-refractivity contribution is -0.131. The van der Waals surface area contributed by atoms with Gasteiger partial charge in [0.1, 0.15) is 0 Å². The Hall–Kier alpha value is -1.51. The number of nitrogens with zero attached hydrogens (tertiary/aromatic N) is 1. The highest BCUT2D eigenvalue weighted by molar-refractivity contribution is 5.80. The summed E-state index contributed by atoms with van der Waals surface area (Å²) >= 11 is 0. The summed E-state index contributed by atoms with van der Waals surface area (Å²) in [5.74, 6) is 0.988. The van der Waals surface area contributed by atoms with Crippen molar-refractivity contribution in [3.05, 3.63) is 29.8 Å². The first-order valence-corrected chi connectivity index (χ1v) is 7.17. The molecule has 0 aliphatic heterocycles. The van der Waals surface area contributed by atoms with Crippen molar-refractivity contribution in [2.45, 2.75) is 45.1 Å². The predicted molar refractivity (Wildman–Crippen MR) is 78.7 cm³/mol. The van der Waals surface area contributed by atoms with Gasteiger partial charge in [-0.3, -0.25) is 4.79 Å². The summed E-state index contributed by atoms with van der Waals surface area (Å²) in [7, 11) is 1.93. The van der Waals surface area contributed by atoms with E-state index in [1.165, 1.54) is 12.8 Å². The number of benzene rings is 1. The van der Waals surface area contributed by atoms with Crippen molar-refractivity contribution in [3.8, 4) is 0 Å². The van der Waals surface area contributed by atoms with E-state index in [1.54, 1.807) is 0 Å². The van der Waals surface area contributed by atoms with Crippen LogP contribution in [0.4, 0.5) is 5.69 Å². The summed E-state index contributed by atoms with van der Waals surface area (Å²) in [5, 5.41) is 0. The van der Waals surface area contributed by atoms with Gasteiger partial charge in [-0.05, 0) is 43.2 Å². The van der Waals surface area contributed by atoms with Gasteiger partial charge in [0.15, 0.2) is 0 Å². The maximum absolute atomic E-state index is 12.3. The third-order valence-corrected chi connectivity index (χ3v) is 4.32. The molecule has 3 nitrogen and oxygen atoms in total. The highest BCUT2D eigenvalue weighted by Gasteiger charge is 2.24. The number of carbonyl (C=O) groups excluding carboxylic acids is 1. The van der Waals surface area contributed by atoms with Crippen LogP contribution < -0.4 is 5.73 Å². The topological polar surface area (TPSA) is 46.3 Å². The quantitative estimate of drug-likeness (QED) is 0.849.